The van der Waals surface area contributed by atoms with Crippen LogP contribution in [-0.4, -0.2) is 55.9 Å². The SMILES string of the molecule is COC(=O)c1cc(F)c(-c2cccc3c2OCN(C(=O)c2cc(C)c(Br)cc2Cl)C3)cc1N1C2CCC1COC2. The Hall–Kier alpha value is -3.14. The van der Waals surface area contributed by atoms with Gasteiger partial charge in [-0.25, -0.2) is 9.18 Å². The Kier molecular flexibility index (Phi) is 7.23. The molecule has 0 N–H and O–H groups in total. The van der Waals surface area contributed by atoms with Gasteiger partial charge in [0.15, 0.2) is 6.73 Å². The van der Waals surface area contributed by atoms with Crippen LogP contribution in [0.5, 0.6) is 5.75 Å². The van der Waals surface area contributed by atoms with Gasteiger partial charge in [0.2, 0.25) is 0 Å². The maximum Gasteiger partial charge on any atom is 0.340 e. The van der Waals surface area contributed by atoms with Crippen molar-refractivity contribution < 1.29 is 28.2 Å². The van der Waals surface area contributed by atoms with E-state index >= 15 is 4.39 Å². The molecular formula is C30H27BrClFN2O5. The molecule has 0 radical (unpaired) electrons. The Morgan fingerprint density at radius 1 is 1.07 bits per heavy atom. The number of nitrogens with zero attached hydrogens (tertiary/aromatic N) is 2. The van der Waals surface area contributed by atoms with Gasteiger partial charge in [0.1, 0.15) is 11.6 Å². The lowest BCUT2D eigenvalue weighted by Crippen LogP contribution is -2.46. The summed E-state index contributed by atoms with van der Waals surface area (Å²) in [6.45, 7) is 3.26. The van der Waals surface area contributed by atoms with Crippen molar-refractivity contribution in [3.8, 4) is 16.9 Å². The van der Waals surface area contributed by atoms with Gasteiger partial charge in [-0.05, 0) is 49.6 Å². The number of methoxy groups -OCH3 is 1. The average molecular weight is 630 g/mol. The van der Waals surface area contributed by atoms with Crippen molar-refractivity contribution in [3.63, 3.8) is 0 Å². The molecule has 2 fully saturated rings. The van der Waals surface area contributed by atoms with Crippen molar-refractivity contribution in [3.05, 3.63) is 80.0 Å². The van der Waals surface area contributed by atoms with Gasteiger partial charge >= 0.3 is 5.97 Å². The third kappa shape index (κ3) is 4.63. The predicted molar refractivity (Wildman–Crippen MR) is 153 cm³/mol. The number of esters is 1. The van der Waals surface area contributed by atoms with Crippen LogP contribution in [0, 0.1) is 12.7 Å². The maximum atomic E-state index is 15.7. The number of carbonyl (C=O) groups excluding carboxylic acids is 2. The van der Waals surface area contributed by atoms with Gasteiger partial charge in [-0.15, -0.1) is 0 Å². The van der Waals surface area contributed by atoms with E-state index in [0.29, 0.717) is 46.4 Å². The summed E-state index contributed by atoms with van der Waals surface area (Å²) in [4.78, 5) is 29.8. The largest absolute Gasteiger partial charge is 0.472 e. The summed E-state index contributed by atoms with van der Waals surface area (Å²) >= 11 is 9.82. The lowest BCUT2D eigenvalue weighted by Gasteiger charge is -2.37. The van der Waals surface area contributed by atoms with Crippen LogP contribution in [0.2, 0.25) is 5.02 Å². The lowest BCUT2D eigenvalue weighted by atomic mass is 9.96. The summed E-state index contributed by atoms with van der Waals surface area (Å²) < 4.78 is 33.4. The number of morpholine rings is 1. The van der Waals surface area contributed by atoms with Crippen LogP contribution in [-0.2, 0) is 16.0 Å². The molecular weight excluding hydrogens is 603 g/mol. The highest BCUT2D eigenvalue weighted by Gasteiger charge is 2.40. The van der Waals surface area contributed by atoms with E-state index in [9.17, 15) is 9.59 Å². The van der Waals surface area contributed by atoms with Gasteiger partial charge in [-0.1, -0.05) is 45.7 Å². The Morgan fingerprint density at radius 2 is 1.82 bits per heavy atom. The second-order valence-electron chi connectivity index (χ2n) is 10.3. The first-order valence-corrected chi connectivity index (χ1v) is 14.2. The zero-order chi connectivity index (χ0) is 28.1. The molecule has 3 heterocycles. The van der Waals surface area contributed by atoms with Crippen molar-refractivity contribution in [2.75, 3.05) is 32.0 Å². The summed E-state index contributed by atoms with van der Waals surface area (Å²) in [7, 11) is 1.29. The number of hydrogen-bond donors (Lipinski definition) is 0. The molecule has 3 aromatic carbocycles. The van der Waals surface area contributed by atoms with E-state index in [2.05, 4.69) is 20.8 Å². The maximum absolute atomic E-state index is 15.7. The van der Waals surface area contributed by atoms with Crippen molar-refractivity contribution >= 4 is 45.1 Å². The van der Waals surface area contributed by atoms with Gasteiger partial charge < -0.3 is 24.0 Å². The van der Waals surface area contributed by atoms with E-state index in [1.54, 1.807) is 29.2 Å². The summed E-state index contributed by atoms with van der Waals surface area (Å²) in [5.41, 5.74) is 3.71. The fourth-order valence-electron chi connectivity index (χ4n) is 5.88. The number of hydrogen-bond acceptors (Lipinski definition) is 6. The van der Waals surface area contributed by atoms with E-state index in [-0.39, 0.29) is 36.8 Å². The van der Waals surface area contributed by atoms with Crippen LogP contribution in [0.4, 0.5) is 10.1 Å². The molecule has 2 unspecified atom stereocenters. The molecule has 0 aromatic heterocycles. The minimum Gasteiger partial charge on any atom is -0.472 e. The number of para-hydroxylation sites is 1. The second-order valence-corrected chi connectivity index (χ2v) is 11.6. The Bertz CT molecular complexity index is 1520. The number of halogens is 3. The minimum atomic E-state index is -0.589. The topological polar surface area (TPSA) is 68.3 Å². The first-order valence-electron chi connectivity index (χ1n) is 13.0. The van der Waals surface area contributed by atoms with Gasteiger partial charge in [0.25, 0.3) is 5.91 Å². The molecule has 208 valence electrons. The molecule has 7 nitrogen and oxygen atoms in total. The molecule has 3 aliphatic heterocycles. The first kappa shape index (κ1) is 27.1. The molecule has 3 aliphatic rings. The highest BCUT2D eigenvalue weighted by molar-refractivity contribution is 9.10. The highest BCUT2D eigenvalue weighted by atomic mass is 79.9. The monoisotopic (exact) mass is 628 g/mol. The van der Waals surface area contributed by atoms with E-state index in [1.165, 1.54) is 13.2 Å². The van der Waals surface area contributed by atoms with Gasteiger partial charge in [-0.3, -0.25) is 4.79 Å². The van der Waals surface area contributed by atoms with Gasteiger partial charge in [0, 0.05) is 21.2 Å². The number of ether oxygens (including phenoxy) is 3. The summed E-state index contributed by atoms with van der Waals surface area (Å²) in [6, 6.07) is 12.1. The number of anilines is 1. The van der Waals surface area contributed by atoms with Gasteiger partial charge in [-0.2, -0.15) is 0 Å². The Labute approximate surface area is 244 Å². The normalized spacial score (nSPS) is 19.7. The van der Waals surface area contributed by atoms with Crippen molar-refractivity contribution in [1.82, 2.24) is 4.90 Å². The Morgan fingerprint density at radius 3 is 2.55 bits per heavy atom. The molecule has 1 amide bonds. The van der Waals surface area contributed by atoms with Crippen LogP contribution >= 0.6 is 27.5 Å². The zero-order valence-corrected chi connectivity index (χ0v) is 24.4. The molecule has 40 heavy (non-hydrogen) atoms. The predicted octanol–water partition coefficient (Wildman–Crippen LogP) is 6.36. The second kappa shape index (κ2) is 10.7. The number of benzene rings is 3. The quantitative estimate of drug-likeness (QED) is 0.313. The van der Waals surface area contributed by atoms with Crippen LogP contribution in [0.25, 0.3) is 11.1 Å². The van der Waals surface area contributed by atoms with E-state index < -0.39 is 11.8 Å². The number of amides is 1. The zero-order valence-electron chi connectivity index (χ0n) is 22.0. The number of rotatable bonds is 4. The van der Waals surface area contributed by atoms with Crippen molar-refractivity contribution in [1.29, 1.82) is 0 Å². The lowest BCUT2D eigenvalue weighted by molar-refractivity contribution is 0.0515. The minimum absolute atomic E-state index is 0.0172. The third-order valence-electron chi connectivity index (χ3n) is 7.89. The van der Waals surface area contributed by atoms with Crippen LogP contribution < -0.4 is 9.64 Å². The average Bonchev–Trinajstić information content (AvgIpc) is 3.20. The molecule has 2 bridgehead atoms. The first-order chi connectivity index (χ1) is 19.3. The molecule has 2 saturated heterocycles. The van der Waals surface area contributed by atoms with Crippen LogP contribution in [0.1, 0.15) is 44.7 Å². The fourth-order valence-corrected chi connectivity index (χ4v) is 6.60. The van der Waals surface area contributed by atoms with Crippen LogP contribution in [0.3, 0.4) is 0 Å². The molecule has 0 spiro atoms. The van der Waals surface area contributed by atoms with E-state index in [4.69, 9.17) is 25.8 Å². The third-order valence-corrected chi connectivity index (χ3v) is 9.05. The standard InChI is InChI=1S/C30H27BrClFN2O5/c1-16-8-22(25(32)11-24(16)31)29(36)34-12-17-4-3-5-20(28(17)40-15-34)21-10-27(23(9-26(21)33)30(37)38-2)35-18-6-7-19(35)14-39-13-18/h3-5,8-11,18-19H,6-7,12-15H2,1-2H3. The number of carbonyl (C=O) groups is 2. The number of aryl methyl sites for hydroxylation is 1. The molecule has 0 aliphatic carbocycles. The number of fused-ring (bicyclic) bond motifs is 3. The molecule has 3 aromatic rings. The fraction of sp³-hybridized carbons (Fsp3) is 0.333. The van der Waals surface area contributed by atoms with Crippen molar-refractivity contribution in [2.45, 2.75) is 38.4 Å². The van der Waals surface area contributed by atoms with E-state index in [0.717, 1.165) is 28.4 Å². The van der Waals surface area contributed by atoms with Gasteiger partial charge in [0.05, 0.1) is 60.8 Å². The molecule has 2 atom stereocenters. The summed E-state index contributed by atoms with van der Waals surface area (Å²) in [6.07, 6.45) is 1.88. The highest BCUT2D eigenvalue weighted by Crippen LogP contribution is 2.43. The Balaban J connectivity index is 1.37. The molecule has 6 rings (SSSR count). The summed E-state index contributed by atoms with van der Waals surface area (Å²) in [5.74, 6) is -0.897. The van der Waals surface area contributed by atoms with E-state index in [1.807, 2.05) is 19.1 Å². The smallest absolute Gasteiger partial charge is 0.340 e. The molecule has 10 heteroatoms. The van der Waals surface area contributed by atoms with Crippen LogP contribution in [0.15, 0.2) is 46.9 Å². The van der Waals surface area contributed by atoms with Crippen molar-refractivity contribution in [2.24, 2.45) is 0 Å². The molecule has 0 saturated carbocycles. The summed E-state index contributed by atoms with van der Waals surface area (Å²) in [5, 5.41) is 0.347.